The highest BCUT2D eigenvalue weighted by Crippen LogP contribution is 2.51. The summed E-state index contributed by atoms with van der Waals surface area (Å²) in [4.78, 5) is 13.5. The summed E-state index contributed by atoms with van der Waals surface area (Å²) in [5, 5.41) is 5.42. The molecule has 0 bridgehead atoms. The Morgan fingerprint density at radius 1 is 1.28 bits per heavy atom. The number of hydrogen-bond donors (Lipinski definition) is 1. The highest BCUT2D eigenvalue weighted by atomic mass is 32.2. The lowest BCUT2D eigenvalue weighted by Gasteiger charge is -2.37. The normalized spacial score (nSPS) is 21.5. The summed E-state index contributed by atoms with van der Waals surface area (Å²) in [5.74, 6) is -0.268. The lowest BCUT2D eigenvalue weighted by Crippen LogP contribution is -2.43. The number of rotatable bonds is 2. The smallest absolute Gasteiger partial charge is 0.345 e. The summed E-state index contributed by atoms with van der Waals surface area (Å²) in [6, 6.07) is 4.36. The highest BCUT2D eigenvalue weighted by molar-refractivity contribution is 8.28. The molecular weight excluding hydrogens is 370 g/mol. The van der Waals surface area contributed by atoms with Gasteiger partial charge in [0.15, 0.2) is 0 Å². The molecule has 0 radical (unpaired) electrons. The van der Waals surface area contributed by atoms with Crippen LogP contribution in [0.3, 0.4) is 0 Å². The molecule has 0 aromatic heterocycles. The van der Waals surface area contributed by atoms with Crippen LogP contribution in [0.5, 0.6) is 0 Å². The van der Waals surface area contributed by atoms with E-state index in [1.807, 2.05) is 12.3 Å². The molecule has 0 atom stereocenters. The fourth-order valence-corrected chi connectivity index (χ4v) is 5.45. The van der Waals surface area contributed by atoms with E-state index in [0.717, 1.165) is 25.9 Å². The Morgan fingerprint density at radius 3 is 2.64 bits per heavy atom. The number of esters is 1. The van der Waals surface area contributed by atoms with Crippen LogP contribution in [0.15, 0.2) is 26.7 Å². The molecule has 25 heavy (non-hydrogen) atoms. The van der Waals surface area contributed by atoms with Gasteiger partial charge in [-0.1, -0.05) is 35.7 Å². The van der Waals surface area contributed by atoms with E-state index in [1.54, 1.807) is 11.8 Å². The summed E-state index contributed by atoms with van der Waals surface area (Å²) in [6.45, 7) is 10.6. The van der Waals surface area contributed by atoms with E-state index in [-0.39, 0.29) is 11.5 Å². The van der Waals surface area contributed by atoms with Gasteiger partial charge in [0.25, 0.3) is 0 Å². The Hall–Kier alpha value is -1.24. The summed E-state index contributed by atoms with van der Waals surface area (Å²) in [5.41, 5.74) is 5.42. The molecule has 2 heterocycles. The Bertz CT molecular complexity index is 837. The van der Waals surface area contributed by atoms with Crippen molar-refractivity contribution in [2.24, 2.45) is 0 Å². The molecule has 0 unspecified atom stereocenters. The van der Waals surface area contributed by atoms with Crippen molar-refractivity contribution in [2.75, 3.05) is 11.9 Å². The first-order valence-electron chi connectivity index (χ1n) is 8.15. The second-order valence-corrected chi connectivity index (χ2v) is 9.24. The van der Waals surface area contributed by atoms with Gasteiger partial charge in [-0.15, -0.1) is 0 Å². The van der Waals surface area contributed by atoms with E-state index < -0.39 is 0 Å². The highest BCUT2D eigenvalue weighted by Gasteiger charge is 2.37. The Balaban J connectivity index is 2.09. The molecule has 2 aliphatic heterocycles. The summed E-state index contributed by atoms with van der Waals surface area (Å²) in [7, 11) is 0. The fraction of sp³-hybridized carbons (Fsp3) is 0.368. The number of nitrogens with one attached hydrogen (secondary N) is 1. The number of thioether (sulfide) groups is 2. The SMILES string of the molecule is CCOC(=O)C1=CS/C(=C2\C(=S)C(C)(C)Nc3cc(C)c(C)cc32)S1. The number of ether oxygens (including phenoxy) is 1. The summed E-state index contributed by atoms with van der Waals surface area (Å²) in [6.07, 6.45) is 0. The average Bonchev–Trinajstić information content (AvgIpc) is 3.01. The van der Waals surface area contributed by atoms with E-state index in [0.29, 0.717) is 11.5 Å². The molecule has 6 heteroatoms. The van der Waals surface area contributed by atoms with Crippen molar-refractivity contribution in [2.45, 2.75) is 40.2 Å². The van der Waals surface area contributed by atoms with Crippen molar-refractivity contribution >= 4 is 57.8 Å². The monoisotopic (exact) mass is 391 g/mol. The predicted octanol–water partition coefficient (Wildman–Crippen LogP) is 5.43. The van der Waals surface area contributed by atoms with E-state index >= 15 is 0 Å². The van der Waals surface area contributed by atoms with Crippen LogP contribution in [-0.2, 0) is 9.53 Å². The number of benzene rings is 1. The van der Waals surface area contributed by atoms with E-state index in [4.69, 9.17) is 17.0 Å². The van der Waals surface area contributed by atoms with Crippen LogP contribution in [0, 0.1) is 13.8 Å². The van der Waals surface area contributed by atoms with Gasteiger partial charge < -0.3 is 10.1 Å². The van der Waals surface area contributed by atoms with Gasteiger partial charge in [-0.05, 0) is 63.3 Å². The minimum absolute atomic E-state index is 0.268. The largest absolute Gasteiger partial charge is 0.462 e. The molecule has 0 saturated heterocycles. The molecule has 0 amide bonds. The summed E-state index contributed by atoms with van der Waals surface area (Å²) >= 11 is 8.83. The van der Waals surface area contributed by atoms with Gasteiger partial charge in [-0.3, -0.25) is 0 Å². The molecular formula is C19H21NO2S3. The van der Waals surface area contributed by atoms with Crippen molar-refractivity contribution in [3.05, 3.63) is 43.4 Å². The quantitative estimate of drug-likeness (QED) is 0.412. The molecule has 0 aliphatic carbocycles. The number of fused-ring (bicyclic) bond motifs is 1. The Kier molecular flexibility index (Phi) is 5.06. The first-order chi connectivity index (χ1) is 11.7. The van der Waals surface area contributed by atoms with Crippen LogP contribution in [0.2, 0.25) is 0 Å². The molecule has 2 aliphatic rings. The molecule has 1 aromatic carbocycles. The lowest BCUT2D eigenvalue weighted by atomic mass is 9.84. The minimum atomic E-state index is -0.319. The maximum absolute atomic E-state index is 12.0. The third kappa shape index (κ3) is 3.39. The van der Waals surface area contributed by atoms with Crippen LogP contribution in [0.4, 0.5) is 5.69 Å². The van der Waals surface area contributed by atoms with Gasteiger partial charge in [-0.25, -0.2) is 4.79 Å². The number of carbonyl (C=O) groups excluding carboxylic acids is 1. The van der Waals surface area contributed by atoms with Crippen LogP contribution in [0.25, 0.3) is 5.57 Å². The van der Waals surface area contributed by atoms with Gasteiger partial charge in [0.1, 0.15) is 4.91 Å². The van der Waals surface area contributed by atoms with Gasteiger partial charge in [0, 0.05) is 21.7 Å². The average molecular weight is 392 g/mol. The first kappa shape index (κ1) is 18.5. The number of anilines is 1. The van der Waals surface area contributed by atoms with Gasteiger partial charge in [0.05, 0.1) is 16.4 Å². The fourth-order valence-electron chi connectivity index (χ4n) is 2.81. The van der Waals surface area contributed by atoms with Crippen LogP contribution >= 0.6 is 35.7 Å². The molecule has 3 nitrogen and oxygen atoms in total. The number of aryl methyl sites for hydroxylation is 2. The second kappa shape index (κ2) is 6.82. The molecule has 3 rings (SSSR count). The Labute approximate surface area is 162 Å². The van der Waals surface area contributed by atoms with E-state index in [9.17, 15) is 4.79 Å². The van der Waals surface area contributed by atoms with Gasteiger partial charge in [-0.2, -0.15) is 0 Å². The van der Waals surface area contributed by atoms with E-state index in [2.05, 4.69) is 45.1 Å². The summed E-state index contributed by atoms with van der Waals surface area (Å²) < 4.78 is 6.17. The van der Waals surface area contributed by atoms with Crippen LogP contribution in [0.1, 0.15) is 37.5 Å². The molecule has 0 fully saturated rings. The zero-order valence-electron chi connectivity index (χ0n) is 15.0. The van der Waals surface area contributed by atoms with Crippen molar-refractivity contribution < 1.29 is 9.53 Å². The maximum Gasteiger partial charge on any atom is 0.345 e. The zero-order valence-corrected chi connectivity index (χ0v) is 17.4. The van der Waals surface area contributed by atoms with Gasteiger partial charge in [0.2, 0.25) is 0 Å². The second-order valence-electron chi connectivity index (χ2n) is 6.65. The molecule has 1 aromatic rings. The van der Waals surface area contributed by atoms with Crippen molar-refractivity contribution in [1.82, 2.24) is 0 Å². The predicted molar refractivity (Wildman–Crippen MR) is 113 cm³/mol. The third-order valence-corrected chi connectivity index (χ3v) is 7.37. The van der Waals surface area contributed by atoms with Crippen LogP contribution < -0.4 is 5.32 Å². The first-order valence-corrected chi connectivity index (χ1v) is 10.3. The maximum atomic E-state index is 12.0. The van der Waals surface area contributed by atoms with Crippen LogP contribution in [-0.4, -0.2) is 23.0 Å². The molecule has 1 N–H and O–H groups in total. The topological polar surface area (TPSA) is 38.3 Å². The zero-order chi connectivity index (χ0) is 18.4. The van der Waals surface area contributed by atoms with Crippen molar-refractivity contribution in [1.29, 1.82) is 0 Å². The molecule has 0 saturated carbocycles. The minimum Gasteiger partial charge on any atom is -0.462 e. The molecule has 132 valence electrons. The van der Waals surface area contributed by atoms with Crippen molar-refractivity contribution in [3.63, 3.8) is 0 Å². The van der Waals surface area contributed by atoms with Gasteiger partial charge >= 0.3 is 5.97 Å². The number of hydrogen-bond acceptors (Lipinski definition) is 6. The standard InChI is InChI=1S/C19H21NO2S3/c1-6-22-17(21)14-9-24-18(25-14)15-12-7-10(2)11(3)8-13(12)20-19(4,5)16(15)23/h7-9,20H,6H2,1-5H3/b18-15+. The Morgan fingerprint density at radius 2 is 1.96 bits per heavy atom. The number of carbonyl (C=O) groups is 1. The third-order valence-electron chi connectivity index (χ3n) is 4.30. The van der Waals surface area contributed by atoms with Crippen molar-refractivity contribution in [3.8, 4) is 0 Å². The lowest BCUT2D eigenvalue weighted by molar-refractivity contribution is -0.137. The number of thiocarbonyl (C=S) groups is 1. The van der Waals surface area contributed by atoms with E-state index in [1.165, 1.54) is 22.9 Å². The molecule has 0 spiro atoms.